The molecule has 0 bridgehead atoms. The normalized spacial score (nSPS) is 14.9. The Bertz CT molecular complexity index is 1350. The quantitative estimate of drug-likeness (QED) is 0.350. The lowest BCUT2D eigenvalue weighted by Crippen LogP contribution is -2.25. The van der Waals surface area contributed by atoms with Gasteiger partial charge in [0.15, 0.2) is 0 Å². The van der Waals surface area contributed by atoms with E-state index in [9.17, 15) is 14.9 Å². The fourth-order valence-corrected chi connectivity index (χ4v) is 4.28. The molecule has 8 nitrogen and oxygen atoms in total. The molecule has 2 heterocycles. The number of anilines is 1. The first-order valence-corrected chi connectivity index (χ1v) is 10.4. The van der Waals surface area contributed by atoms with Crippen LogP contribution in [0.2, 0.25) is 0 Å². The molecule has 0 fully saturated rings. The maximum Gasteiger partial charge on any atom is 0.269 e. The molecule has 0 saturated carbocycles. The summed E-state index contributed by atoms with van der Waals surface area (Å²) < 4.78 is 7.24. The molecular weight excluding hydrogens is 420 g/mol. The van der Waals surface area contributed by atoms with E-state index in [0.29, 0.717) is 17.3 Å². The Hall–Kier alpha value is -4.46. The first-order chi connectivity index (χ1) is 16.1. The largest absolute Gasteiger partial charge is 0.496 e. The molecule has 164 valence electrons. The van der Waals surface area contributed by atoms with E-state index in [1.165, 1.54) is 12.1 Å². The topological polar surface area (TPSA) is 99.3 Å². The summed E-state index contributed by atoms with van der Waals surface area (Å²) >= 11 is 0. The molecule has 0 radical (unpaired) electrons. The molecule has 4 aromatic rings. The van der Waals surface area contributed by atoms with Crippen LogP contribution in [0.25, 0.3) is 16.9 Å². The molecule has 1 unspecified atom stereocenters. The average Bonchev–Trinajstić information content (AvgIpc) is 3.23. The molecular formula is C25H20N4O4. The Morgan fingerprint density at radius 2 is 1.73 bits per heavy atom. The van der Waals surface area contributed by atoms with Crippen molar-refractivity contribution in [1.82, 2.24) is 9.78 Å². The van der Waals surface area contributed by atoms with Gasteiger partial charge < -0.3 is 10.1 Å². The summed E-state index contributed by atoms with van der Waals surface area (Å²) in [5, 5.41) is 18.9. The van der Waals surface area contributed by atoms with Crippen molar-refractivity contribution in [2.24, 2.45) is 0 Å². The van der Waals surface area contributed by atoms with E-state index in [2.05, 4.69) is 5.32 Å². The van der Waals surface area contributed by atoms with Gasteiger partial charge in [-0.1, -0.05) is 48.5 Å². The molecule has 0 saturated heterocycles. The molecule has 0 aliphatic carbocycles. The lowest BCUT2D eigenvalue weighted by Gasteiger charge is -2.26. The zero-order valence-electron chi connectivity index (χ0n) is 17.8. The number of ether oxygens (including phenoxy) is 1. The summed E-state index contributed by atoms with van der Waals surface area (Å²) in [6, 6.07) is 23.5. The SMILES string of the molecule is COc1ccccc1C1CC(=O)Nc2c1c(-c1ccccc1)nn2-c1ccc([N+](=O)[O-])cc1. The van der Waals surface area contributed by atoms with Crippen LogP contribution in [-0.4, -0.2) is 27.7 Å². The fourth-order valence-electron chi connectivity index (χ4n) is 4.28. The van der Waals surface area contributed by atoms with Crippen LogP contribution in [0.1, 0.15) is 23.5 Å². The maximum atomic E-state index is 12.8. The molecule has 33 heavy (non-hydrogen) atoms. The van der Waals surface area contributed by atoms with Crippen molar-refractivity contribution in [3.05, 3.63) is 100 Å². The second-order valence-corrected chi connectivity index (χ2v) is 7.71. The number of hydrogen-bond donors (Lipinski definition) is 1. The van der Waals surface area contributed by atoms with Crippen LogP contribution in [0.4, 0.5) is 11.5 Å². The van der Waals surface area contributed by atoms with Gasteiger partial charge in [-0.25, -0.2) is 4.68 Å². The molecule has 1 aromatic heterocycles. The van der Waals surface area contributed by atoms with Gasteiger partial charge in [0.1, 0.15) is 11.6 Å². The molecule has 1 amide bonds. The van der Waals surface area contributed by atoms with Gasteiger partial charge in [0.25, 0.3) is 5.69 Å². The molecule has 1 aliphatic heterocycles. The summed E-state index contributed by atoms with van der Waals surface area (Å²) in [4.78, 5) is 23.4. The average molecular weight is 440 g/mol. The van der Waals surface area contributed by atoms with Crippen LogP contribution in [0.5, 0.6) is 5.75 Å². The number of aromatic nitrogens is 2. The van der Waals surface area contributed by atoms with Crippen molar-refractivity contribution in [2.75, 3.05) is 12.4 Å². The van der Waals surface area contributed by atoms with E-state index in [-0.39, 0.29) is 23.9 Å². The third kappa shape index (κ3) is 3.61. The minimum atomic E-state index is -0.447. The van der Waals surface area contributed by atoms with Gasteiger partial charge in [0, 0.05) is 41.2 Å². The Morgan fingerprint density at radius 3 is 2.42 bits per heavy atom. The fraction of sp³-hybridized carbons (Fsp3) is 0.120. The standard InChI is InChI=1S/C25H20N4O4/c1-33-21-10-6-5-9-19(21)20-15-22(30)26-25-23(20)24(16-7-3-2-4-8-16)27-28(25)17-11-13-18(14-12-17)29(31)32/h2-14,20H,15H2,1H3,(H,26,30). The number of carbonyl (C=O) groups is 1. The Labute approximate surface area is 189 Å². The summed E-state index contributed by atoms with van der Waals surface area (Å²) in [7, 11) is 1.61. The van der Waals surface area contributed by atoms with E-state index in [4.69, 9.17) is 9.84 Å². The number of amides is 1. The van der Waals surface area contributed by atoms with Crippen molar-refractivity contribution in [3.8, 4) is 22.7 Å². The zero-order chi connectivity index (χ0) is 22.9. The predicted molar refractivity (Wildman–Crippen MR) is 124 cm³/mol. The molecule has 3 aromatic carbocycles. The number of hydrogen-bond acceptors (Lipinski definition) is 5. The summed E-state index contributed by atoms with van der Waals surface area (Å²) in [5.41, 5.74) is 4.02. The molecule has 1 atom stereocenters. The van der Waals surface area contributed by atoms with E-state index in [1.807, 2.05) is 54.6 Å². The Kier molecular flexibility index (Phi) is 5.10. The molecule has 0 spiro atoms. The number of nitro benzene ring substituents is 1. The highest BCUT2D eigenvalue weighted by Gasteiger charge is 2.35. The number of para-hydroxylation sites is 1. The van der Waals surface area contributed by atoms with Crippen LogP contribution in [0.15, 0.2) is 78.9 Å². The van der Waals surface area contributed by atoms with Gasteiger partial charge in [0.05, 0.1) is 23.4 Å². The number of fused-ring (bicyclic) bond motifs is 1. The second kappa shape index (κ2) is 8.23. The molecule has 8 heteroatoms. The van der Waals surface area contributed by atoms with Gasteiger partial charge in [-0.2, -0.15) is 5.10 Å². The number of benzene rings is 3. The molecule has 1 N–H and O–H groups in total. The summed E-state index contributed by atoms with van der Waals surface area (Å²) in [5.74, 6) is 0.841. The van der Waals surface area contributed by atoms with Crippen molar-refractivity contribution >= 4 is 17.4 Å². The number of carbonyl (C=O) groups excluding carboxylic acids is 1. The molecule has 1 aliphatic rings. The second-order valence-electron chi connectivity index (χ2n) is 7.71. The Morgan fingerprint density at radius 1 is 1.03 bits per heavy atom. The zero-order valence-corrected chi connectivity index (χ0v) is 17.8. The van der Waals surface area contributed by atoms with Crippen molar-refractivity contribution < 1.29 is 14.5 Å². The van der Waals surface area contributed by atoms with Crippen LogP contribution in [-0.2, 0) is 4.79 Å². The van der Waals surface area contributed by atoms with E-state index in [1.54, 1.807) is 23.9 Å². The number of nitro groups is 1. The van der Waals surface area contributed by atoms with E-state index >= 15 is 0 Å². The number of non-ortho nitro benzene ring substituents is 1. The summed E-state index contributed by atoms with van der Waals surface area (Å²) in [6.45, 7) is 0. The van der Waals surface area contributed by atoms with Gasteiger partial charge >= 0.3 is 0 Å². The monoisotopic (exact) mass is 440 g/mol. The number of nitrogens with one attached hydrogen (secondary N) is 1. The lowest BCUT2D eigenvalue weighted by molar-refractivity contribution is -0.384. The Balaban J connectivity index is 1.75. The predicted octanol–water partition coefficient (Wildman–Crippen LogP) is 4.93. The number of methoxy groups -OCH3 is 1. The van der Waals surface area contributed by atoms with E-state index in [0.717, 1.165) is 22.4 Å². The minimum absolute atomic E-state index is 0.0148. The van der Waals surface area contributed by atoms with E-state index < -0.39 is 4.92 Å². The first-order valence-electron chi connectivity index (χ1n) is 10.4. The highest BCUT2D eigenvalue weighted by atomic mass is 16.6. The van der Waals surface area contributed by atoms with Crippen LogP contribution in [0, 0.1) is 10.1 Å². The summed E-state index contributed by atoms with van der Waals surface area (Å²) in [6.07, 6.45) is 0.249. The highest BCUT2D eigenvalue weighted by Crippen LogP contribution is 2.46. The maximum absolute atomic E-state index is 12.8. The van der Waals surface area contributed by atoms with Crippen molar-refractivity contribution in [1.29, 1.82) is 0 Å². The van der Waals surface area contributed by atoms with Crippen LogP contribution >= 0.6 is 0 Å². The smallest absolute Gasteiger partial charge is 0.269 e. The minimum Gasteiger partial charge on any atom is -0.496 e. The van der Waals surface area contributed by atoms with Crippen molar-refractivity contribution in [2.45, 2.75) is 12.3 Å². The van der Waals surface area contributed by atoms with Crippen molar-refractivity contribution in [3.63, 3.8) is 0 Å². The number of nitrogens with zero attached hydrogens (tertiary/aromatic N) is 3. The van der Waals surface area contributed by atoms with Gasteiger partial charge in [-0.15, -0.1) is 0 Å². The van der Waals surface area contributed by atoms with Gasteiger partial charge in [0.2, 0.25) is 5.91 Å². The highest BCUT2D eigenvalue weighted by molar-refractivity contribution is 5.97. The van der Waals surface area contributed by atoms with Gasteiger partial charge in [-0.3, -0.25) is 14.9 Å². The lowest BCUT2D eigenvalue weighted by atomic mass is 9.84. The van der Waals surface area contributed by atoms with Crippen LogP contribution < -0.4 is 10.1 Å². The first kappa shape index (κ1) is 20.4. The number of rotatable bonds is 5. The molecule has 5 rings (SSSR count). The third-order valence-corrected chi connectivity index (χ3v) is 5.78. The van der Waals surface area contributed by atoms with Crippen LogP contribution in [0.3, 0.4) is 0 Å². The van der Waals surface area contributed by atoms with Gasteiger partial charge in [-0.05, 0) is 18.2 Å². The third-order valence-electron chi connectivity index (χ3n) is 5.78.